The maximum Gasteiger partial charge on any atom is 0.149 e. The first-order valence-corrected chi connectivity index (χ1v) is 8.54. The molecule has 5 nitrogen and oxygen atoms in total. The molecule has 1 aromatic rings. The maximum atomic E-state index is 11.1. The Kier molecular flexibility index (Phi) is 3.50. The van der Waals surface area contributed by atoms with Crippen molar-refractivity contribution in [3.63, 3.8) is 0 Å². The van der Waals surface area contributed by atoms with Crippen molar-refractivity contribution >= 4 is 31.9 Å². The summed E-state index contributed by atoms with van der Waals surface area (Å²) in [4.78, 5) is 0.513. The van der Waals surface area contributed by atoms with E-state index in [0.29, 0.717) is 23.0 Å². The smallest absolute Gasteiger partial charge is 0.149 e. The molecule has 1 aromatic heterocycles. The van der Waals surface area contributed by atoms with E-state index in [4.69, 9.17) is 11.0 Å². The minimum absolute atomic E-state index is 0.0802. The van der Waals surface area contributed by atoms with E-state index in [-0.39, 0.29) is 5.75 Å². The second-order valence-electron chi connectivity index (χ2n) is 4.53. The molecule has 98 valence electrons. The lowest BCUT2D eigenvalue weighted by molar-refractivity contribution is 0.602. The second-order valence-corrected chi connectivity index (χ2v) is 7.81. The molecule has 2 rings (SSSR count). The van der Waals surface area contributed by atoms with Gasteiger partial charge in [0.05, 0.1) is 16.4 Å². The molecule has 0 aromatic carbocycles. The minimum Gasteiger partial charge on any atom is -0.397 e. The molecule has 0 amide bonds. The van der Waals surface area contributed by atoms with Gasteiger partial charge >= 0.3 is 0 Å². The molecule has 1 heterocycles. The fourth-order valence-corrected chi connectivity index (χ4v) is 3.30. The molecule has 1 aliphatic carbocycles. The van der Waals surface area contributed by atoms with Crippen molar-refractivity contribution in [1.82, 2.24) is 0 Å². The predicted molar refractivity (Wildman–Crippen MR) is 73.6 cm³/mol. The van der Waals surface area contributed by atoms with Gasteiger partial charge in [-0.05, 0) is 18.8 Å². The third-order valence-corrected chi connectivity index (χ3v) is 4.86. The number of nitriles is 1. The van der Waals surface area contributed by atoms with Crippen LogP contribution in [0, 0.1) is 11.3 Å². The highest BCUT2D eigenvalue weighted by atomic mass is 32.2. The van der Waals surface area contributed by atoms with Gasteiger partial charge in [-0.1, -0.05) is 0 Å². The van der Waals surface area contributed by atoms with Crippen molar-refractivity contribution in [1.29, 1.82) is 5.26 Å². The molecule has 0 bridgehead atoms. The molecule has 0 spiro atoms. The summed E-state index contributed by atoms with van der Waals surface area (Å²) in [6, 6.07) is 2.08. The number of nitrogens with zero attached hydrogens (tertiary/aromatic N) is 1. The zero-order valence-corrected chi connectivity index (χ0v) is 11.7. The van der Waals surface area contributed by atoms with Crippen LogP contribution in [0.2, 0.25) is 0 Å². The van der Waals surface area contributed by atoms with Crippen LogP contribution < -0.4 is 11.1 Å². The first-order chi connectivity index (χ1) is 8.42. The van der Waals surface area contributed by atoms with Gasteiger partial charge in [0.25, 0.3) is 0 Å². The predicted octanol–water partition coefficient (Wildman–Crippen LogP) is 1.54. The molecule has 18 heavy (non-hydrogen) atoms. The summed E-state index contributed by atoms with van der Waals surface area (Å²) in [5, 5.41) is 12.9. The summed E-state index contributed by atoms with van der Waals surface area (Å²) in [6.07, 6.45) is 3.39. The van der Waals surface area contributed by atoms with Gasteiger partial charge in [-0.2, -0.15) is 5.26 Å². The van der Waals surface area contributed by atoms with Gasteiger partial charge < -0.3 is 11.1 Å². The SMILES string of the molecule is CS(=O)(=O)CCNc1sc(C#N)c(N)c1C1CC1. The first kappa shape index (κ1) is 13.2. The Morgan fingerprint density at radius 2 is 2.22 bits per heavy atom. The second kappa shape index (κ2) is 4.78. The van der Waals surface area contributed by atoms with Crippen LogP contribution in [0.4, 0.5) is 10.7 Å². The highest BCUT2D eigenvalue weighted by molar-refractivity contribution is 7.90. The molecule has 0 saturated heterocycles. The minimum atomic E-state index is -2.97. The molecule has 1 saturated carbocycles. The van der Waals surface area contributed by atoms with Crippen molar-refractivity contribution in [3.8, 4) is 6.07 Å². The number of anilines is 2. The Hall–Kier alpha value is -1.26. The Morgan fingerprint density at radius 3 is 2.72 bits per heavy atom. The van der Waals surface area contributed by atoms with E-state index in [2.05, 4.69) is 11.4 Å². The van der Waals surface area contributed by atoms with Crippen LogP contribution >= 0.6 is 11.3 Å². The van der Waals surface area contributed by atoms with Crippen LogP contribution in [-0.4, -0.2) is 27.0 Å². The summed E-state index contributed by atoms with van der Waals surface area (Å²) in [5.74, 6) is 0.514. The summed E-state index contributed by atoms with van der Waals surface area (Å²) < 4.78 is 22.1. The monoisotopic (exact) mass is 285 g/mol. The van der Waals surface area contributed by atoms with E-state index < -0.39 is 9.84 Å². The summed E-state index contributed by atoms with van der Waals surface area (Å²) in [7, 11) is -2.97. The number of rotatable bonds is 5. The van der Waals surface area contributed by atoms with Crippen molar-refractivity contribution in [2.45, 2.75) is 18.8 Å². The molecule has 0 atom stereocenters. The normalized spacial score (nSPS) is 15.3. The lowest BCUT2D eigenvalue weighted by atomic mass is 10.1. The van der Waals surface area contributed by atoms with Crippen molar-refractivity contribution in [2.24, 2.45) is 0 Å². The van der Waals surface area contributed by atoms with E-state index in [0.717, 1.165) is 23.4 Å². The number of nitrogens with one attached hydrogen (secondary N) is 1. The lowest BCUT2D eigenvalue weighted by Crippen LogP contribution is -2.14. The van der Waals surface area contributed by atoms with E-state index >= 15 is 0 Å². The number of nitrogen functional groups attached to an aromatic ring is 1. The number of thiophene rings is 1. The molecule has 0 unspecified atom stereocenters. The van der Waals surface area contributed by atoms with Crippen LogP contribution in [0.5, 0.6) is 0 Å². The Morgan fingerprint density at radius 1 is 1.56 bits per heavy atom. The zero-order valence-electron chi connectivity index (χ0n) is 10.1. The Bertz CT molecular complexity index is 595. The van der Waals surface area contributed by atoms with Gasteiger partial charge in [-0.15, -0.1) is 11.3 Å². The lowest BCUT2D eigenvalue weighted by Gasteiger charge is -2.06. The van der Waals surface area contributed by atoms with E-state index in [1.54, 1.807) is 0 Å². The average Bonchev–Trinajstić information content (AvgIpc) is 3.03. The quantitative estimate of drug-likeness (QED) is 0.855. The van der Waals surface area contributed by atoms with E-state index in [1.807, 2.05) is 0 Å². The van der Waals surface area contributed by atoms with Gasteiger partial charge in [0.2, 0.25) is 0 Å². The van der Waals surface area contributed by atoms with Gasteiger partial charge in [-0.3, -0.25) is 0 Å². The Labute approximate surface area is 111 Å². The molecular weight excluding hydrogens is 270 g/mol. The summed E-state index contributed by atoms with van der Waals surface area (Å²) in [6.45, 7) is 0.351. The largest absolute Gasteiger partial charge is 0.397 e. The van der Waals surface area contributed by atoms with Crippen LogP contribution in [-0.2, 0) is 9.84 Å². The molecular formula is C11H15N3O2S2. The standard InChI is InChI=1S/C11H15N3O2S2/c1-18(15,16)5-4-14-11-9(7-2-3-7)10(13)8(6-12)17-11/h7,14H,2-5,13H2,1H3. The topological polar surface area (TPSA) is 96.0 Å². The first-order valence-electron chi connectivity index (χ1n) is 5.66. The molecule has 1 aliphatic rings. The molecule has 0 aliphatic heterocycles. The summed E-state index contributed by atoms with van der Waals surface area (Å²) >= 11 is 1.31. The van der Waals surface area contributed by atoms with Crippen molar-refractivity contribution < 1.29 is 8.42 Å². The number of hydrogen-bond donors (Lipinski definition) is 2. The molecule has 3 N–H and O–H groups in total. The number of sulfone groups is 1. The van der Waals surface area contributed by atoms with Crippen molar-refractivity contribution in [2.75, 3.05) is 29.6 Å². The van der Waals surface area contributed by atoms with Gasteiger partial charge in [0.1, 0.15) is 20.8 Å². The number of hydrogen-bond acceptors (Lipinski definition) is 6. The third kappa shape index (κ3) is 2.94. The summed E-state index contributed by atoms with van der Waals surface area (Å²) in [5.41, 5.74) is 7.51. The Balaban J connectivity index is 2.15. The van der Waals surface area contributed by atoms with Gasteiger partial charge in [0.15, 0.2) is 0 Å². The van der Waals surface area contributed by atoms with Gasteiger partial charge in [0, 0.05) is 18.4 Å². The fraction of sp³-hybridized carbons (Fsp3) is 0.545. The van der Waals surface area contributed by atoms with Crippen molar-refractivity contribution in [3.05, 3.63) is 10.4 Å². The van der Waals surface area contributed by atoms with Gasteiger partial charge in [-0.25, -0.2) is 8.42 Å². The average molecular weight is 285 g/mol. The van der Waals surface area contributed by atoms with Crippen LogP contribution in [0.1, 0.15) is 29.2 Å². The third-order valence-electron chi connectivity index (χ3n) is 2.83. The van der Waals surface area contributed by atoms with E-state index in [1.165, 1.54) is 17.6 Å². The van der Waals surface area contributed by atoms with Crippen LogP contribution in [0.3, 0.4) is 0 Å². The molecule has 7 heteroatoms. The highest BCUT2D eigenvalue weighted by Crippen LogP contribution is 2.50. The zero-order chi connectivity index (χ0) is 13.3. The number of nitrogens with two attached hydrogens (primary N) is 1. The molecule has 1 fully saturated rings. The maximum absolute atomic E-state index is 11.1. The molecule has 0 radical (unpaired) electrons. The highest BCUT2D eigenvalue weighted by Gasteiger charge is 2.31. The van der Waals surface area contributed by atoms with E-state index in [9.17, 15) is 8.42 Å². The fourth-order valence-electron chi connectivity index (χ4n) is 1.80. The van der Waals surface area contributed by atoms with Crippen LogP contribution in [0.15, 0.2) is 0 Å². The van der Waals surface area contributed by atoms with Crippen LogP contribution in [0.25, 0.3) is 0 Å².